The molecule has 0 aliphatic carbocycles. The van der Waals surface area contributed by atoms with Gasteiger partial charge in [-0.1, -0.05) is 47.1 Å². The lowest BCUT2D eigenvalue weighted by Crippen LogP contribution is -2.39. The second kappa shape index (κ2) is 7.25. The molecule has 1 aliphatic rings. The Morgan fingerprint density at radius 1 is 1.13 bits per heavy atom. The zero-order valence-corrected chi connectivity index (χ0v) is 14.6. The molecule has 1 aliphatic heterocycles. The lowest BCUT2D eigenvalue weighted by atomic mass is 10.0. The van der Waals surface area contributed by atoms with Crippen LogP contribution in [0.1, 0.15) is 30.5 Å². The number of nitrogens with one attached hydrogen (secondary N) is 3. The molecule has 0 bridgehead atoms. The minimum Gasteiger partial charge on any atom is -0.325 e. The average Bonchev–Trinajstić information content (AvgIpc) is 3.06. The van der Waals surface area contributed by atoms with Gasteiger partial charge in [-0.05, 0) is 48.2 Å². The molecular formula is C18H20BrN3O. The van der Waals surface area contributed by atoms with Gasteiger partial charge in [0.15, 0.2) is 0 Å². The summed E-state index contributed by atoms with van der Waals surface area (Å²) in [6.45, 7) is 2.12. The third-order valence-electron chi connectivity index (χ3n) is 4.12. The molecule has 2 aromatic rings. The lowest BCUT2D eigenvalue weighted by Gasteiger charge is -2.11. The summed E-state index contributed by atoms with van der Waals surface area (Å²) < 4.78 is 1.05. The number of hydrazine groups is 1. The van der Waals surface area contributed by atoms with E-state index in [2.05, 4.69) is 51.2 Å². The van der Waals surface area contributed by atoms with Crippen LogP contribution in [-0.4, -0.2) is 11.9 Å². The maximum Gasteiger partial charge on any atom is 0.242 e. The van der Waals surface area contributed by atoms with Crippen molar-refractivity contribution in [2.24, 2.45) is 0 Å². The Labute approximate surface area is 144 Å². The molecular weight excluding hydrogens is 354 g/mol. The number of rotatable bonds is 4. The smallest absolute Gasteiger partial charge is 0.242 e. The van der Waals surface area contributed by atoms with Gasteiger partial charge in [-0.3, -0.25) is 4.79 Å². The first kappa shape index (κ1) is 16.2. The molecule has 1 fully saturated rings. The highest BCUT2D eigenvalue weighted by molar-refractivity contribution is 9.10. The molecule has 4 nitrogen and oxygen atoms in total. The molecule has 0 spiro atoms. The zero-order chi connectivity index (χ0) is 16.2. The number of hydrogen-bond acceptors (Lipinski definition) is 3. The van der Waals surface area contributed by atoms with E-state index >= 15 is 0 Å². The van der Waals surface area contributed by atoms with Gasteiger partial charge in [0.25, 0.3) is 0 Å². The van der Waals surface area contributed by atoms with Gasteiger partial charge in [-0.15, -0.1) is 0 Å². The highest BCUT2D eigenvalue weighted by atomic mass is 79.9. The van der Waals surface area contributed by atoms with E-state index < -0.39 is 0 Å². The first-order valence-electron chi connectivity index (χ1n) is 7.82. The number of benzene rings is 2. The topological polar surface area (TPSA) is 53.2 Å². The molecule has 3 rings (SSSR count). The van der Waals surface area contributed by atoms with Crippen molar-refractivity contribution in [3.05, 3.63) is 64.1 Å². The van der Waals surface area contributed by atoms with E-state index in [4.69, 9.17) is 0 Å². The van der Waals surface area contributed by atoms with Crippen molar-refractivity contribution < 1.29 is 4.79 Å². The summed E-state index contributed by atoms with van der Waals surface area (Å²) >= 11 is 3.44. The van der Waals surface area contributed by atoms with Crippen LogP contribution in [0.25, 0.3) is 0 Å². The number of carbonyl (C=O) groups excluding carboxylic acids is 1. The lowest BCUT2D eigenvalue weighted by molar-refractivity contribution is -0.117. The van der Waals surface area contributed by atoms with Crippen LogP contribution < -0.4 is 16.2 Å². The molecule has 2 unspecified atom stereocenters. The molecule has 1 heterocycles. The van der Waals surface area contributed by atoms with E-state index in [1.807, 2.05) is 36.4 Å². The van der Waals surface area contributed by atoms with Crippen LogP contribution >= 0.6 is 15.9 Å². The molecule has 23 heavy (non-hydrogen) atoms. The Morgan fingerprint density at radius 2 is 1.83 bits per heavy atom. The SMILES string of the molecule is CCc1ccc(NC(=O)C2CC(c3ccc(Br)cc3)NN2)cc1. The van der Waals surface area contributed by atoms with Crippen molar-refractivity contribution in [3.63, 3.8) is 0 Å². The number of hydrogen-bond donors (Lipinski definition) is 3. The molecule has 1 amide bonds. The highest BCUT2D eigenvalue weighted by Crippen LogP contribution is 2.24. The van der Waals surface area contributed by atoms with Crippen LogP contribution in [-0.2, 0) is 11.2 Å². The monoisotopic (exact) mass is 373 g/mol. The van der Waals surface area contributed by atoms with Crippen LogP contribution in [0.3, 0.4) is 0 Å². The first-order valence-corrected chi connectivity index (χ1v) is 8.61. The molecule has 3 N–H and O–H groups in total. The number of halogens is 1. The largest absolute Gasteiger partial charge is 0.325 e. The Hall–Kier alpha value is -1.69. The summed E-state index contributed by atoms with van der Waals surface area (Å²) in [7, 11) is 0. The van der Waals surface area contributed by atoms with Gasteiger partial charge in [-0.25, -0.2) is 10.9 Å². The maximum absolute atomic E-state index is 12.4. The highest BCUT2D eigenvalue weighted by Gasteiger charge is 2.30. The van der Waals surface area contributed by atoms with Gasteiger partial charge < -0.3 is 5.32 Å². The van der Waals surface area contributed by atoms with Gasteiger partial charge in [0, 0.05) is 16.2 Å². The quantitative estimate of drug-likeness (QED) is 0.767. The summed E-state index contributed by atoms with van der Waals surface area (Å²) in [6, 6.07) is 16.0. The van der Waals surface area contributed by atoms with E-state index in [0.717, 1.165) is 23.0 Å². The predicted octanol–water partition coefficient (Wildman–Crippen LogP) is 3.56. The summed E-state index contributed by atoms with van der Waals surface area (Å²) in [5, 5.41) is 2.97. The van der Waals surface area contributed by atoms with Crippen LogP contribution in [0, 0.1) is 0 Å². The zero-order valence-electron chi connectivity index (χ0n) is 13.0. The summed E-state index contributed by atoms with van der Waals surface area (Å²) in [4.78, 5) is 12.4. The molecule has 5 heteroatoms. The molecule has 2 atom stereocenters. The molecule has 2 aromatic carbocycles. The normalized spacial score (nSPS) is 20.4. The summed E-state index contributed by atoms with van der Waals surface area (Å²) in [5.74, 6) is -0.0126. The van der Waals surface area contributed by atoms with Gasteiger partial charge in [-0.2, -0.15) is 0 Å². The molecule has 0 aromatic heterocycles. The Kier molecular flexibility index (Phi) is 5.10. The van der Waals surface area contributed by atoms with E-state index in [9.17, 15) is 4.79 Å². The second-order valence-corrected chi connectivity index (χ2v) is 6.64. The molecule has 0 radical (unpaired) electrons. The fourth-order valence-electron chi connectivity index (χ4n) is 2.69. The summed E-state index contributed by atoms with van der Waals surface area (Å²) in [6.07, 6.45) is 1.72. The van der Waals surface area contributed by atoms with Crippen molar-refractivity contribution in [2.75, 3.05) is 5.32 Å². The van der Waals surface area contributed by atoms with Crippen LogP contribution in [0.15, 0.2) is 53.0 Å². The van der Waals surface area contributed by atoms with E-state index in [0.29, 0.717) is 0 Å². The predicted molar refractivity (Wildman–Crippen MR) is 96.0 cm³/mol. The van der Waals surface area contributed by atoms with Crippen molar-refractivity contribution in [3.8, 4) is 0 Å². The van der Waals surface area contributed by atoms with Crippen LogP contribution in [0.4, 0.5) is 5.69 Å². The number of amides is 1. The Balaban J connectivity index is 1.59. The van der Waals surface area contributed by atoms with Gasteiger partial charge in [0.1, 0.15) is 6.04 Å². The maximum atomic E-state index is 12.4. The first-order chi connectivity index (χ1) is 11.2. The number of carbonyl (C=O) groups is 1. The van der Waals surface area contributed by atoms with Gasteiger partial charge >= 0.3 is 0 Å². The fraction of sp³-hybridized carbons (Fsp3) is 0.278. The van der Waals surface area contributed by atoms with Gasteiger partial charge in [0.05, 0.1) is 0 Å². The molecule has 120 valence electrons. The second-order valence-electron chi connectivity index (χ2n) is 5.72. The minimum atomic E-state index is -0.241. The standard InChI is InChI=1S/C18H20BrN3O/c1-2-12-3-9-15(10-4-12)20-18(23)17-11-16(21-22-17)13-5-7-14(19)8-6-13/h3-10,16-17,21-22H,2,11H2,1H3,(H,20,23). The van der Waals surface area contributed by atoms with Gasteiger partial charge in [0.2, 0.25) is 5.91 Å². The Bertz CT molecular complexity index is 670. The Morgan fingerprint density at radius 3 is 2.48 bits per heavy atom. The van der Waals surface area contributed by atoms with Crippen molar-refractivity contribution in [2.45, 2.75) is 31.8 Å². The summed E-state index contributed by atoms with van der Waals surface area (Å²) in [5.41, 5.74) is 9.56. The van der Waals surface area contributed by atoms with Crippen molar-refractivity contribution in [1.29, 1.82) is 0 Å². The molecule has 1 saturated heterocycles. The van der Waals surface area contributed by atoms with E-state index in [-0.39, 0.29) is 18.0 Å². The van der Waals surface area contributed by atoms with E-state index in [1.165, 1.54) is 11.1 Å². The number of aryl methyl sites for hydroxylation is 1. The minimum absolute atomic E-state index is 0.0126. The van der Waals surface area contributed by atoms with Crippen molar-refractivity contribution in [1.82, 2.24) is 10.9 Å². The third-order valence-corrected chi connectivity index (χ3v) is 4.65. The van der Waals surface area contributed by atoms with Crippen LogP contribution in [0.5, 0.6) is 0 Å². The fourth-order valence-corrected chi connectivity index (χ4v) is 2.96. The van der Waals surface area contributed by atoms with Crippen molar-refractivity contribution >= 4 is 27.5 Å². The molecule has 0 saturated carbocycles. The van der Waals surface area contributed by atoms with Crippen LogP contribution in [0.2, 0.25) is 0 Å². The van der Waals surface area contributed by atoms with E-state index in [1.54, 1.807) is 0 Å². The third kappa shape index (κ3) is 3.99. The number of anilines is 1. The average molecular weight is 374 g/mol.